The van der Waals surface area contributed by atoms with Gasteiger partial charge in [0.2, 0.25) is 0 Å². The van der Waals surface area contributed by atoms with Gasteiger partial charge in [-0.25, -0.2) is 0 Å². The molecule has 0 heterocycles. The fourth-order valence-electron chi connectivity index (χ4n) is 5.00. The van der Waals surface area contributed by atoms with Crippen LogP contribution in [0.15, 0.2) is 60.7 Å². The Labute approximate surface area is 233 Å². The minimum absolute atomic E-state index is 0.662. The molecule has 0 amide bonds. The number of rotatable bonds is 15. The molecular weight excluding hydrogens is 486 g/mol. The van der Waals surface area contributed by atoms with Gasteiger partial charge in [-0.15, -0.1) is 0 Å². The second-order valence-corrected chi connectivity index (χ2v) is 10.2. The first-order valence-corrected chi connectivity index (χ1v) is 14.2. The summed E-state index contributed by atoms with van der Waals surface area (Å²) in [6, 6.07) is 21.4. The highest BCUT2D eigenvalue weighted by molar-refractivity contribution is 6.13. The summed E-state index contributed by atoms with van der Waals surface area (Å²) < 4.78 is 24.2. The van der Waals surface area contributed by atoms with Gasteiger partial charge >= 0.3 is 0 Å². The van der Waals surface area contributed by atoms with Crippen LogP contribution in [-0.4, -0.2) is 45.9 Å². The summed E-state index contributed by atoms with van der Waals surface area (Å²) in [5.74, 6) is 3.08. The van der Waals surface area contributed by atoms with Gasteiger partial charge in [0.1, 0.15) is 0 Å². The SMILES string of the molecule is CCCCOc1cc2ccc3c(CCN(C)Cc4ccccc4)cc(OCCCC)c(OC)c3c2cc1OC. The van der Waals surface area contributed by atoms with Crippen LogP contribution in [0.2, 0.25) is 0 Å². The third kappa shape index (κ3) is 6.96. The lowest BCUT2D eigenvalue weighted by Crippen LogP contribution is -2.20. The normalized spacial score (nSPS) is 11.3. The van der Waals surface area contributed by atoms with Gasteiger partial charge in [-0.1, -0.05) is 69.2 Å². The molecule has 0 spiro atoms. The Morgan fingerprint density at radius 3 is 2.10 bits per heavy atom. The smallest absolute Gasteiger partial charge is 0.169 e. The highest BCUT2D eigenvalue weighted by atomic mass is 16.5. The number of hydrogen-bond donors (Lipinski definition) is 0. The number of benzene rings is 4. The van der Waals surface area contributed by atoms with Crippen molar-refractivity contribution in [1.29, 1.82) is 0 Å². The molecule has 0 saturated carbocycles. The van der Waals surface area contributed by atoms with E-state index in [1.54, 1.807) is 14.2 Å². The number of nitrogens with zero attached hydrogens (tertiary/aromatic N) is 1. The summed E-state index contributed by atoms with van der Waals surface area (Å²) in [4.78, 5) is 2.37. The predicted octanol–water partition coefficient (Wildman–Crippen LogP) is 8.04. The fourth-order valence-corrected chi connectivity index (χ4v) is 5.00. The van der Waals surface area contributed by atoms with E-state index in [0.29, 0.717) is 13.2 Å². The summed E-state index contributed by atoms with van der Waals surface area (Å²) in [6.45, 7) is 7.51. The van der Waals surface area contributed by atoms with Crippen LogP contribution in [0.4, 0.5) is 0 Å². The largest absolute Gasteiger partial charge is 0.493 e. The molecule has 0 aliphatic rings. The predicted molar refractivity (Wildman–Crippen MR) is 162 cm³/mol. The summed E-state index contributed by atoms with van der Waals surface area (Å²) in [5, 5.41) is 4.40. The molecule has 5 heteroatoms. The number of fused-ring (bicyclic) bond motifs is 3. The maximum atomic E-state index is 6.32. The van der Waals surface area contributed by atoms with Gasteiger partial charge in [0.15, 0.2) is 23.0 Å². The number of methoxy groups -OCH3 is 2. The zero-order valence-corrected chi connectivity index (χ0v) is 24.2. The Bertz CT molecular complexity index is 1350. The first kappa shape index (κ1) is 28.6. The average Bonchev–Trinajstić information content (AvgIpc) is 2.96. The van der Waals surface area contributed by atoms with Crippen molar-refractivity contribution in [3.8, 4) is 23.0 Å². The Balaban J connectivity index is 1.77. The Kier molecular flexibility index (Phi) is 10.3. The van der Waals surface area contributed by atoms with Crippen molar-refractivity contribution in [2.75, 3.05) is 41.0 Å². The minimum atomic E-state index is 0.662. The van der Waals surface area contributed by atoms with Crippen LogP contribution < -0.4 is 18.9 Å². The third-order valence-electron chi connectivity index (χ3n) is 7.18. The molecule has 4 aromatic carbocycles. The number of ether oxygens (including phenoxy) is 4. The Morgan fingerprint density at radius 2 is 1.44 bits per heavy atom. The van der Waals surface area contributed by atoms with Crippen LogP contribution in [0.1, 0.15) is 50.7 Å². The molecule has 0 aliphatic carbocycles. The molecular formula is C34H43NO4. The zero-order valence-electron chi connectivity index (χ0n) is 24.2. The first-order chi connectivity index (χ1) is 19.1. The van der Waals surface area contributed by atoms with E-state index in [9.17, 15) is 0 Å². The molecule has 208 valence electrons. The van der Waals surface area contributed by atoms with Crippen LogP contribution in [0, 0.1) is 0 Å². The fraction of sp³-hybridized carbons (Fsp3) is 0.412. The molecule has 5 nitrogen and oxygen atoms in total. The molecule has 39 heavy (non-hydrogen) atoms. The van der Waals surface area contributed by atoms with E-state index < -0.39 is 0 Å². The second kappa shape index (κ2) is 14.1. The van der Waals surface area contributed by atoms with Crippen LogP contribution in [-0.2, 0) is 13.0 Å². The second-order valence-electron chi connectivity index (χ2n) is 10.2. The van der Waals surface area contributed by atoms with Crippen molar-refractivity contribution in [1.82, 2.24) is 4.90 Å². The van der Waals surface area contributed by atoms with E-state index in [0.717, 1.165) is 84.4 Å². The standard InChI is InChI=1S/C34H43NO4/c1-6-8-19-38-31-21-26-15-16-28-27(17-18-35(3)24-25-13-11-10-12-14-25)22-32(39-20-9-7-2)34(37-5)33(28)29(26)23-30(31)36-4/h10-16,21-23H,6-9,17-20,24H2,1-5H3. The highest BCUT2D eigenvalue weighted by Gasteiger charge is 2.19. The van der Waals surface area contributed by atoms with Crippen molar-refractivity contribution < 1.29 is 18.9 Å². The highest BCUT2D eigenvalue weighted by Crippen LogP contribution is 2.44. The summed E-state index contributed by atoms with van der Waals surface area (Å²) in [6.07, 6.45) is 5.07. The number of likely N-dealkylation sites (N-methyl/N-ethyl adjacent to an activating group) is 1. The summed E-state index contributed by atoms with van der Waals surface area (Å²) >= 11 is 0. The average molecular weight is 530 g/mol. The molecule has 0 fully saturated rings. The third-order valence-corrected chi connectivity index (χ3v) is 7.18. The first-order valence-electron chi connectivity index (χ1n) is 14.2. The van der Waals surface area contributed by atoms with Gasteiger partial charge < -0.3 is 23.8 Å². The molecule has 4 aromatic rings. The monoisotopic (exact) mass is 529 g/mol. The molecule has 0 aliphatic heterocycles. The topological polar surface area (TPSA) is 40.2 Å². The van der Waals surface area contributed by atoms with E-state index in [1.807, 2.05) is 0 Å². The Hall–Kier alpha value is -3.44. The van der Waals surface area contributed by atoms with Gasteiger partial charge in [0, 0.05) is 18.5 Å². The summed E-state index contributed by atoms with van der Waals surface area (Å²) in [5.41, 5.74) is 2.57. The molecule has 0 unspecified atom stereocenters. The van der Waals surface area contributed by atoms with E-state index in [1.165, 1.54) is 16.5 Å². The van der Waals surface area contributed by atoms with Crippen LogP contribution in [0.5, 0.6) is 23.0 Å². The van der Waals surface area contributed by atoms with Gasteiger partial charge in [0.05, 0.1) is 27.4 Å². The lowest BCUT2D eigenvalue weighted by atomic mass is 9.95. The van der Waals surface area contributed by atoms with Gasteiger partial charge in [-0.3, -0.25) is 0 Å². The molecule has 4 rings (SSSR count). The molecule has 0 N–H and O–H groups in total. The molecule has 0 aromatic heterocycles. The van der Waals surface area contributed by atoms with E-state index >= 15 is 0 Å². The maximum Gasteiger partial charge on any atom is 0.169 e. The van der Waals surface area contributed by atoms with Crippen LogP contribution in [0.25, 0.3) is 21.5 Å². The summed E-state index contributed by atoms with van der Waals surface area (Å²) in [7, 11) is 5.61. The van der Waals surface area contributed by atoms with Gasteiger partial charge in [0.25, 0.3) is 0 Å². The molecule has 0 atom stereocenters. The quantitative estimate of drug-likeness (QED) is 0.115. The van der Waals surface area contributed by atoms with Crippen molar-refractivity contribution in [2.45, 2.75) is 52.5 Å². The van der Waals surface area contributed by atoms with Gasteiger partial charge in [-0.2, -0.15) is 0 Å². The lowest BCUT2D eigenvalue weighted by molar-refractivity contribution is 0.288. The van der Waals surface area contributed by atoms with Crippen molar-refractivity contribution >= 4 is 21.5 Å². The maximum absolute atomic E-state index is 6.32. The zero-order chi connectivity index (χ0) is 27.6. The van der Waals surface area contributed by atoms with Gasteiger partial charge in [-0.05, 0) is 71.8 Å². The molecule has 0 radical (unpaired) electrons. The van der Waals surface area contributed by atoms with E-state index in [4.69, 9.17) is 18.9 Å². The van der Waals surface area contributed by atoms with Crippen LogP contribution in [0.3, 0.4) is 0 Å². The Morgan fingerprint density at radius 1 is 0.718 bits per heavy atom. The van der Waals surface area contributed by atoms with Crippen molar-refractivity contribution in [3.05, 3.63) is 71.8 Å². The van der Waals surface area contributed by atoms with Crippen molar-refractivity contribution in [3.63, 3.8) is 0 Å². The van der Waals surface area contributed by atoms with Crippen LogP contribution >= 0.6 is 0 Å². The molecule has 0 bridgehead atoms. The molecule has 0 saturated heterocycles. The van der Waals surface area contributed by atoms with Crippen molar-refractivity contribution in [2.24, 2.45) is 0 Å². The minimum Gasteiger partial charge on any atom is -0.493 e. The number of unbranched alkanes of at least 4 members (excludes halogenated alkanes) is 2. The van der Waals surface area contributed by atoms with E-state index in [-0.39, 0.29) is 0 Å². The number of hydrogen-bond acceptors (Lipinski definition) is 5. The van der Waals surface area contributed by atoms with E-state index in [2.05, 4.69) is 86.5 Å². The lowest BCUT2D eigenvalue weighted by Gasteiger charge is -2.21.